The molecule has 1 aliphatic rings. The summed E-state index contributed by atoms with van der Waals surface area (Å²) in [5, 5.41) is 0. The lowest BCUT2D eigenvalue weighted by Crippen LogP contribution is -2.37. The number of carbonyl (C=O) groups is 1. The van der Waals surface area contributed by atoms with Crippen LogP contribution in [0.4, 0.5) is 18.9 Å². The number of rotatable bonds is 5. The average Bonchev–Trinajstić information content (AvgIpc) is 2.64. The van der Waals surface area contributed by atoms with Crippen LogP contribution in [0.15, 0.2) is 42.5 Å². The van der Waals surface area contributed by atoms with Gasteiger partial charge >= 0.3 is 15.5 Å². The van der Waals surface area contributed by atoms with E-state index in [4.69, 9.17) is 4.74 Å². The Hall–Kier alpha value is -2.75. The highest BCUT2D eigenvalue weighted by Crippen LogP contribution is 2.31. The molecule has 6 nitrogen and oxygen atoms in total. The van der Waals surface area contributed by atoms with Crippen LogP contribution in [0, 0.1) is 0 Å². The quantitative estimate of drug-likeness (QED) is 0.816. The number of hydrogen-bond donors (Lipinski definition) is 1. The molecule has 0 aliphatic carbocycles. The van der Waals surface area contributed by atoms with Gasteiger partial charge in [0.2, 0.25) is 0 Å². The normalized spacial score (nSPS) is 14.6. The van der Waals surface area contributed by atoms with Gasteiger partial charge in [0, 0.05) is 24.7 Å². The third kappa shape index (κ3) is 3.91. The number of fused-ring (bicyclic) bond motifs is 1. The summed E-state index contributed by atoms with van der Waals surface area (Å²) >= 11 is 0. The summed E-state index contributed by atoms with van der Waals surface area (Å²) in [6.07, 6.45) is 0.599. The van der Waals surface area contributed by atoms with Crippen LogP contribution < -0.4 is 9.46 Å². The lowest BCUT2D eigenvalue weighted by Gasteiger charge is -2.29. The third-order valence-corrected chi connectivity index (χ3v) is 5.51. The summed E-state index contributed by atoms with van der Waals surface area (Å²) in [5.74, 6) is -0.0822. The summed E-state index contributed by atoms with van der Waals surface area (Å²) in [7, 11) is -4.30. The molecule has 0 saturated heterocycles. The van der Waals surface area contributed by atoms with Gasteiger partial charge in [-0.2, -0.15) is 21.6 Å². The number of methoxy groups -OCH3 is 1. The number of nitrogens with zero attached hydrogens (tertiary/aromatic N) is 1. The molecule has 0 atom stereocenters. The van der Waals surface area contributed by atoms with E-state index in [1.807, 2.05) is 12.1 Å². The Morgan fingerprint density at radius 1 is 1.18 bits per heavy atom. The van der Waals surface area contributed by atoms with Crippen molar-refractivity contribution in [1.29, 1.82) is 0 Å². The summed E-state index contributed by atoms with van der Waals surface area (Å²) < 4.78 is 67.9. The molecule has 150 valence electrons. The Labute approximate surface area is 160 Å². The van der Waals surface area contributed by atoms with Crippen molar-refractivity contribution in [3.8, 4) is 5.75 Å². The molecule has 10 heteroatoms. The van der Waals surface area contributed by atoms with Crippen LogP contribution in [-0.2, 0) is 23.0 Å². The van der Waals surface area contributed by atoms with E-state index in [1.165, 1.54) is 24.1 Å². The predicted octanol–water partition coefficient (Wildman–Crippen LogP) is 3.16. The van der Waals surface area contributed by atoms with E-state index < -0.39 is 15.5 Å². The summed E-state index contributed by atoms with van der Waals surface area (Å²) in [5.41, 5.74) is -4.10. The zero-order chi connectivity index (χ0) is 20.5. The predicted molar refractivity (Wildman–Crippen MR) is 96.5 cm³/mol. The van der Waals surface area contributed by atoms with Gasteiger partial charge in [-0.05, 0) is 29.7 Å². The average molecular weight is 414 g/mol. The number of nitrogens with one attached hydrogen (secondary N) is 1. The molecule has 0 fully saturated rings. The van der Waals surface area contributed by atoms with E-state index in [0.717, 1.165) is 11.6 Å². The van der Waals surface area contributed by atoms with Gasteiger partial charge in [-0.25, -0.2) is 0 Å². The van der Waals surface area contributed by atoms with Crippen molar-refractivity contribution >= 4 is 21.6 Å². The fourth-order valence-electron chi connectivity index (χ4n) is 2.95. The van der Waals surface area contributed by atoms with E-state index in [9.17, 15) is 26.4 Å². The molecule has 1 N–H and O–H groups in total. The van der Waals surface area contributed by atoms with Crippen molar-refractivity contribution in [3.05, 3.63) is 59.2 Å². The molecular weight excluding hydrogens is 397 g/mol. The van der Waals surface area contributed by atoms with Crippen molar-refractivity contribution < 1.29 is 31.1 Å². The Balaban J connectivity index is 1.91. The fraction of sp³-hybridized carbons (Fsp3) is 0.278. The van der Waals surface area contributed by atoms with E-state index >= 15 is 0 Å². The second-order valence-electron chi connectivity index (χ2n) is 6.21. The topological polar surface area (TPSA) is 75.7 Å². The van der Waals surface area contributed by atoms with Crippen molar-refractivity contribution in [1.82, 2.24) is 4.90 Å². The Kier molecular flexibility index (Phi) is 5.24. The fourth-order valence-corrected chi connectivity index (χ4v) is 3.54. The molecule has 2 aromatic rings. The largest absolute Gasteiger partial charge is 0.516 e. The third-order valence-electron chi connectivity index (χ3n) is 4.41. The number of alkyl halides is 3. The number of ether oxygens (including phenoxy) is 1. The van der Waals surface area contributed by atoms with Gasteiger partial charge in [0.25, 0.3) is 5.91 Å². The molecule has 2 aromatic carbocycles. The maximum atomic E-state index is 12.8. The van der Waals surface area contributed by atoms with Crippen LogP contribution >= 0.6 is 0 Å². The van der Waals surface area contributed by atoms with Crippen molar-refractivity contribution in [2.45, 2.75) is 18.5 Å². The lowest BCUT2D eigenvalue weighted by atomic mass is 9.98. The molecular formula is C18H17F3N2O4S. The van der Waals surface area contributed by atoms with E-state index in [1.54, 1.807) is 16.9 Å². The summed E-state index contributed by atoms with van der Waals surface area (Å²) in [6.45, 7) is 0.320. The molecule has 0 bridgehead atoms. The second-order valence-corrected chi connectivity index (χ2v) is 7.88. The molecule has 0 saturated carbocycles. The molecule has 0 unspecified atom stereocenters. The van der Waals surface area contributed by atoms with Gasteiger partial charge < -0.3 is 9.64 Å². The first kappa shape index (κ1) is 20.0. The monoisotopic (exact) mass is 414 g/mol. The van der Waals surface area contributed by atoms with Crippen molar-refractivity contribution in [2.75, 3.05) is 18.4 Å². The summed E-state index contributed by atoms with van der Waals surface area (Å²) in [4.78, 5) is 14.2. The first-order valence-corrected chi connectivity index (χ1v) is 9.74. The van der Waals surface area contributed by atoms with Crippen molar-refractivity contribution in [2.24, 2.45) is 0 Å². The molecule has 1 amide bonds. The van der Waals surface area contributed by atoms with Gasteiger partial charge in [0.05, 0.1) is 12.8 Å². The van der Waals surface area contributed by atoms with E-state index in [0.29, 0.717) is 18.5 Å². The molecule has 28 heavy (non-hydrogen) atoms. The minimum absolute atomic E-state index is 0.0487. The van der Waals surface area contributed by atoms with E-state index in [-0.39, 0.29) is 29.5 Å². The standard InChI is InChI=1S/C18H17F3N2O4S/c1-27-14-7-6-13(16(10-14)22-28(25,26)18(19,20)21)11-23-9-8-12-4-2-3-5-15(12)17(23)24/h2-7,10,22H,8-9,11H2,1H3. The minimum atomic E-state index is -5.61. The molecule has 0 aromatic heterocycles. The minimum Gasteiger partial charge on any atom is -0.497 e. The van der Waals surface area contributed by atoms with Gasteiger partial charge in [-0.15, -0.1) is 0 Å². The van der Waals surface area contributed by atoms with Gasteiger partial charge in [0.15, 0.2) is 0 Å². The van der Waals surface area contributed by atoms with E-state index in [2.05, 4.69) is 0 Å². The molecule has 3 rings (SSSR count). The smallest absolute Gasteiger partial charge is 0.497 e. The van der Waals surface area contributed by atoms with Crippen LogP contribution in [0.5, 0.6) is 5.75 Å². The van der Waals surface area contributed by atoms with Gasteiger partial charge in [-0.1, -0.05) is 24.3 Å². The first-order chi connectivity index (χ1) is 13.1. The Bertz CT molecular complexity index is 1010. The number of benzene rings is 2. The molecule has 1 aliphatic heterocycles. The van der Waals surface area contributed by atoms with Gasteiger partial charge in [0.1, 0.15) is 5.75 Å². The van der Waals surface area contributed by atoms with Crippen LogP contribution in [0.2, 0.25) is 0 Å². The maximum absolute atomic E-state index is 12.8. The zero-order valence-corrected chi connectivity index (χ0v) is 15.6. The number of amides is 1. The Morgan fingerprint density at radius 2 is 1.89 bits per heavy atom. The highest BCUT2D eigenvalue weighted by molar-refractivity contribution is 7.93. The number of anilines is 1. The molecule has 0 spiro atoms. The lowest BCUT2D eigenvalue weighted by molar-refractivity contribution is -0.0429. The molecule has 0 radical (unpaired) electrons. The summed E-state index contributed by atoms with van der Waals surface area (Å²) in [6, 6.07) is 11.2. The maximum Gasteiger partial charge on any atom is 0.516 e. The highest BCUT2D eigenvalue weighted by Gasteiger charge is 2.46. The highest BCUT2D eigenvalue weighted by atomic mass is 32.2. The van der Waals surface area contributed by atoms with Crippen LogP contribution in [0.3, 0.4) is 0 Å². The van der Waals surface area contributed by atoms with Crippen molar-refractivity contribution in [3.63, 3.8) is 0 Å². The number of carbonyl (C=O) groups excluding carboxylic acids is 1. The number of hydrogen-bond acceptors (Lipinski definition) is 4. The van der Waals surface area contributed by atoms with Gasteiger partial charge in [-0.3, -0.25) is 9.52 Å². The van der Waals surface area contributed by atoms with Crippen LogP contribution in [-0.4, -0.2) is 38.4 Å². The Morgan fingerprint density at radius 3 is 2.57 bits per heavy atom. The first-order valence-electron chi connectivity index (χ1n) is 8.25. The zero-order valence-electron chi connectivity index (χ0n) is 14.8. The molecule has 1 heterocycles. The number of sulfonamides is 1. The number of halogens is 3. The van der Waals surface area contributed by atoms with Crippen LogP contribution in [0.1, 0.15) is 21.5 Å². The SMILES string of the molecule is COc1ccc(CN2CCc3ccccc3C2=O)c(NS(=O)(=O)C(F)(F)F)c1. The second kappa shape index (κ2) is 7.34. The van der Waals surface area contributed by atoms with Crippen LogP contribution in [0.25, 0.3) is 0 Å².